The van der Waals surface area contributed by atoms with Gasteiger partial charge in [-0.2, -0.15) is 13.2 Å². The largest absolute Gasteiger partial charge is 0.418 e. The van der Waals surface area contributed by atoms with Crippen LogP contribution in [0, 0.1) is 0 Å². The molecule has 0 radical (unpaired) electrons. The van der Waals surface area contributed by atoms with Gasteiger partial charge in [-0.15, -0.1) is 0 Å². The highest BCUT2D eigenvalue weighted by atomic mass is 19.4. The Hall–Kier alpha value is -1.42. The highest BCUT2D eigenvalue weighted by molar-refractivity contribution is 5.55. The fraction of sp³-hybridized carbons (Fsp3) is 0.667. The van der Waals surface area contributed by atoms with Crippen molar-refractivity contribution in [2.24, 2.45) is 0 Å². The van der Waals surface area contributed by atoms with E-state index in [4.69, 9.17) is 0 Å². The number of alkyl halides is 4. The summed E-state index contributed by atoms with van der Waals surface area (Å²) < 4.78 is 54.8. The number of para-hydroxylation sites is 1. The molecule has 0 amide bonds. The molecule has 3 N–H and O–H groups in total. The molecule has 0 aromatic heterocycles. The van der Waals surface area contributed by atoms with Gasteiger partial charge in [0.25, 0.3) is 0 Å². The third-order valence-electron chi connectivity index (χ3n) is 5.40. The van der Waals surface area contributed by atoms with E-state index in [0.29, 0.717) is 0 Å². The lowest BCUT2D eigenvalue weighted by molar-refractivity contribution is -0.137. The number of anilines is 1. The van der Waals surface area contributed by atoms with Crippen molar-refractivity contribution in [3.05, 3.63) is 29.8 Å². The number of halogens is 4. The van der Waals surface area contributed by atoms with E-state index in [1.807, 2.05) is 0 Å². The van der Waals surface area contributed by atoms with Crippen LogP contribution in [0.3, 0.4) is 0 Å². The standard InChI is InChI=1S/C18H24F4N2O3/c19-17(11-23-9-14(25)16(27)15(26)10-23)5-7-24(8-6-17)13-4-2-1-3-12(13)18(20,21)22/h1-4,14-16,25-27H,5-11H2/t14-,15+,16+. The van der Waals surface area contributed by atoms with Crippen molar-refractivity contribution in [2.75, 3.05) is 37.6 Å². The predicted molar refractivity (Wildman–Crippen MR) is 91.2 cm³/mol. The van der Waals surface area contributed by atoms with Gasteiger partial charge in [0.05, 0.1) is 17.8 Å². The van der Waals surface area contributed by atoms with Crippen LogP contribution >= 0.6 is 0 Å². The highest BCUT2D eigenvalue weighted by Gasteiger charge is 2.42. The van der Waals surface area contributed by atoms with Crippen LogP contribution in [0.1, 0.15) is 18.4 Å². The summed E-state index contributed by atoms with van der Waals surface area (Å²) in [5.74, 6) is 0. The Morgan fingerprint density at radius 3 is 2.11 bits per heavy atom. The van der Waals surface area contributed by atoms with Crippen molar-refractivity contribution >= 4 is 5.69 Å². The number of aliphatic hydroxyl groups is 3. The van der Waals surface area contributed by atoms with Gasteiger partial charge in [-0.1, -0.05) is 12.1 Å². The summed E-state index contributed by atoms with van der Waals surface area (Å²) in [5, 5.41) is 29.0. The molecule has 9 heteroatoms. The molecule has 2 saturated heterocycles. The van der Waals surface area contributed by atoms with Crippen LogP contribution in [0.2, 0.25) is 0 Å². The summed E-state index contributed by atoms with van der Waals surface area (Å²) >= 11 is 0. The highest BCUT2D eigenvalue weighted by Crippen LogP contribution is 2.39. The van der Waals surface area contributed by atoms with E-state index in [-0.39, 0.29) is 51.3 Å². The molecule has 2 heterocycles. The van der Waals surface area contributed by atoms with Crippen LogP contribution in [0.25, 0.3) is 0 Å². The molecule has 2 aliphatic rings. The number of hydrogen-bond acceptors (Lipinski definition) is 5. The van der Waals surface area contributed by atoms with Gasteiger partial charge in [-0.25, -0.2) is 4.39 Å². The van der Waals surface area contributed by atoms with Crippen LogP contribution in [-0.4, -0.2) is 76.9 Å². The van der Waals surface area contributed by atoms with Gasteiger partial charge in [-0.05, 0) is 12.1 Å². The molecular formula is C18H24F4N2O3. The molecule has 2 fully saturated rings. The van der Waals surface area contributed by atoms with Crippen LogP contribution < -0.4 is 4.90 Å². The first-order valence-electron chi connectivity index (χ1n) is 8.96. The second-order valence-electron chi connectivity index (χ2n) is 7.47. The average Bonchev–Trinajstić information content (AvgIpc) is 2.59. The minimum Gasteiger partial charge on any atom is -0.389 e. The van der Waals surface area contributed by atoms with E-state index in [1.165, 1.54) is 18.2 Å². The first-order valence-corrected chi connectivity index (χ1v) is 8.96. The second kappa shape index (κ2) is 7.54. The Kier molecular flexibility index (Phi) is 5.67. The first kappa shape index (κ1) is 20.3. The number of hydrogen-bond donors (Lipinski definition) is 3. The molecule has 0 saturated carbocycles. The number of piperidine rings is 2. The van der Waals surface area contributed by atoms with Gasteiger partial charge < -0.3 is 20.2 Å². The molecule has 3 rings (SSSR count). The number of aliphatic hydroxyl groups excluding tert-OH is 3. The predicted octanol–water partition coefficient (Wildman–Crippen LogP) is 1.41. The SMILES string of the molecule is O[C@H]1[C@H](O)CN(CC2(F)CCN(c3ccccc3C(F)(F)F)CC2)C[C@@H]1O. The molecule has 0 spiro atoms. The first-order chi connectivity index (χ1) is 12.6. The summed E-state index contributed by atoms with van der Waals surface area (Å²) in [6.07, 6.45) is -7.94. The van der Waals surface area contributed by atoms with Crippen LogP contribution in [0.4, 0.5) is 23.2 Å². The second-order valence-corrected chi connectivity index (χ2v) is 7.47. The van der Waals surface area contributed by atoms with Crippen LogP contribution in [-0.2, 0) is 6.18 Å². The third kappa shape index (κ3) is 4.53. The van der Waals surface area contributed by atoms with Crippen molar-refractivity contribution in [1.29, 1.82) is 0 Å². The number of β-amino-alcohol motifs (C(OH)–C–C–N with tert-alkyl or cyclic N) is 2. The van der Waals surface area contributed by atoms with E-state index < -0.39 is 35.7 Å². The van der Waals surface area contributed by atoms with Crippen molar-refractivity contribution in [3.8, 4) is 0 Å². The summed E-state index contributed by atoms with van der Waals surface area (Å²) in [5.41, 5.74) is -2.29. The molecular weight excluding hydrogens is 368 g/mol. The molecule has 2 aliphatic heterocycles. The van der Waals surface area contributed by atoms with Crippen molar-refractivity contribution < 1.29 is 32.9 Å². The summed E-state index contributed by atoms with van der Waals surface area (Å²) in [6.45, 7) is 0.341. The van der Waals surface area contributed by atoms with Crippen LogP contribution in [0.15, 0.2) is 24.3 Å². The Balaban J connectivity index is 1.64. The zero-order chi connectivity index (χ0) is 19.8. The van der Waals surface area contributed by atoms with E-state index in [1.54, 1.807) is 9.80 Å². The zero-order valence-electron chi connectivity index (χ0n) is 14.7. The lowest BCUT2D eigenvalue weighted by Crippen LogP contribution is -2.58. The van der Waals surface area contributed by atoms with E-state index in [9.17, 15) is 28.5 Å². The summed E-state index contributed by atoms with van der Waals surface area (Å²) in [4.78, 5) is 3.10. The summed E-state index contributed by atoms with van der Waals surface area (Å²) in [6, 6.07) is 5.28. The fourth-order valence-electron chi connectivity index (χ4n) is 3.90. The minimum absolute atomic E-state index is 0.0391. The Morgan fingerprint density at radius 2 is 1.56 bits per heavy atom. The molecule has 152 valence electrons. The smallest absolute Gasteiger partial charge is 0.389 e. The van der Waals surface area contributed by atoms with E-state index in [0.717, 1.165) is 6.07 Å². The van der Waals surface area contributed by atoms with Gasteiger partial charge >= 0.3 is 6.18 Å². The maximum Gasteiger partial charge on any atom is 0.418 e. The quantitative estimate of drug-likeness (QED) is 0.679. The number of nitrogens with zero attached hydrogens (tertiary/aromatic N) is 2. The Labute approximate surface area is 154 Å². The number of rotatable bonds is 3. The van der Waals surface area contributed by atoms with E-state index in [2.05, 4.69) is 0 Å². The monoisotopic (exact) mass is 392 g/mol. The van der Waals surface area contributed by atoms with Gasteiger partial charge in [0.1, 0.15) is 11.8 Å². The molecule has 0 bridgehead atoms. The maximum atomic E-state index is 15.2. The molecule has 1 aromatic rings. The lowest BCUT2D eigenvalue weighted by atomic mass is 9.90. The van der Waals surface area contributed by atoms with Gasteiger partial charge in [-0.3, -0.25) is 4.90 Å². The molecule has 0 aliphatic carbocycles. The molecule has 1 aromatic carbocycles. The van der Waals surface area contributed by atoms with E-state index >= 15 is 4.39 Å². The molecule has 3 atom stereocenters. The third-order valence-corrected chi connectivity index (χ3v) is 5.40. The fourth-order valence-corrected chi connectivity index (χ4v) is 3.90. The van der Waals surface area contributed by atoms with Crippen molar-refractivity contribution in [3.63, 3.8) is 0 Å². The number of benzene rings is 1. The normalized spacial score (nSPS) is 29.7. The molecule has 27 heavy (non-hydrogen) atoms. The van der Waals surface area contributed by atoms with Crippen molar-refractivity contribution in [2.45, 2.75) is 43.0 Å². The number of likely N-dealkylation sites (tertiary alicyclic amines) is 1. The summed E-state index contributed by atoms with van der Waals surface area (Å²) in [7, 11) is 0. The van der Waals surface area contributed by atoms with Gasteiger partial charge in [0.15, 0.2) is 0 Å². The van der Waals surface area contributed by atoms with Gasteiger partial charge in [0.2, 0.25) is 0 Å². The Morgan fingerprint density at radius 1 is 1.00 bits per heavy atom. The van der Waals surface area contributed by atoms with Crippen LogP contribution in [0.5, 0.6) is 0 Å². The van der Waals surface area contributed by atoms with Crippen molar-refractivity contribution in [1.82, 2.24) is 4.90 Å². The average molecular weight is 392 g/mol. The Bertz CT molecular complexity index is 638. The minimum atomic E-state index is -4.47. The molecule has 5 nitrogen and oxygen atoms in total. The molecule has 0 unspecified atom stereocenters. The maximum absolute atomic E-state index is 15.2. The topological polar surface area (TPSA) is 67.2 Å². The zero-order valence-corrected chi connectivity index (χ0v) is 14.7. The van der Waals surface area contributed by atoms with Gasteiger partial charge in [0, 0.05) is 51.3 Å². The lowest BCUT2D eigenvalue weighted by Gasteiger charge is -2.43.